The molecule has 1 saturated heterocycles. The minimum atomic E-state index is -0.294. The minimum Gasteiger partial charge on any atom is -0.338 e. The molecule has 0 radical (unpaired) electrons. The standard InChI is InChI=1S/C23H38N4O2/c1-16-11-19(4)22(20(5)12-16)26-21(28)13-25-23(29)24-8-6-7-9-27-14-17(2)10-18(3)15-27/h11-12,17-18H,6-10,13-15H2,1-5H3,(H,26,28)(H2,24,25,29). The Balaban J connectivity index is 1.59. The van der Waals surface area contributed by atoms with Gasteiger partial charge in [0.2, 0.25) is 5.91 Å². The van der Waals surface area contributed by atoms with Crippen LogP contribution in [0.3, 0.4) is 0 Å². The molecule has 1 fully saturated rings. The number of nitrogens with one attached hydrogen (secondary N) is 3. The smallest absolute Gasteiger partial charge is 0.315 e. The zero-order valence-electron chi connectivity index (χ0n) is 18.7. The number of benzene rings is 1. The lowest BCUT2D eigenvalue weighted by molar-refractivity contribution is -0.115. The second-order valence-corrected chi connectivity index (χ2v) is 8.84. The molecule has 0 aromatic heterocycles. The van der Waals surface area contributed by atoms with Crippen LogP contribution >= 0.6 is 0 Å². The average Bonchev–Trinajstić information content (AvgIpc) is 2.62. The summed E-state index contributed by atoms with van der Waals surface area (Å²) in [4.78, 5) is 26.6. The Bertz CT molecular complexity index is 671. The van der Waals surface area contributed by atoms with E-state index in [1.165, 1.54) is 25.1 Å². The lowest BCUT2D eigenvalue weighted by Crippen LogP contribution is -2.41. The van der Waals surface area contributed by atoms with Gasteiger partial charge in [0.25, 0.3) is 0 Å². The molecule has 3 N–H and O–H groups in total. The molecule has 2 atom stereocenters. The van der Waals surface area contributed by atoms with Crippen LogP contribution in [0.2, 0.25) is 0 Å². The number of urea groups is 1. The van der Waals surface area contributed by atoms with Crippen molar-refractivity contribution in [1.82, 2.24) is 15.5 Å². The average molecular weight is 403 g/mol. The second kappa shape index (κ2) is 11.2. The lowest BCUT2D eigenvalue weighted by atomic mass is 9.92. The molecular weight excluding hydrogens is 364 g/mol. The minimum absolute atomic E-state index is 0.0395. The van der Waals surface area contributed by atoms with Gasteiger partial charge in [-0.2, -0.15) is 0 Å². The van der Waals surface area contributed by atoms with Gasteiger partial charge < -0.3 is 20.9 Å². The van der Waals surface area contributed by atoms with Crippen LogP contribution in [0.5, 0.6) is 0 Å². The van der Waals surface area contributed by atoms with Gasteiger partial charge in [0.15, 0.2) is 0 Å². The van der Waals surface area contributed by atoms with Gasteiger partial charge in [-0.25, -0.2) is 4.79 Å². The number of nitrogens with zero attached hydrogens (tertiary/aromatic N) is 1. The quantitative estimate of drug-likeness (QED) is 0.582. The summed E-state index contributed by atoms with van der Waals surface area (Å²) in [6, 6.07) is 3.78. The second-order valence-electron chi connectivity index (χ2n) is 8.84. The van der Waals surface area contributed by atoms with Crippen LogP contribution < -0.4 is 16.0 Å². The number of hydrogen-bond acceptors (Lipinski definition) is 3. The van der Waals surface area contributed by atoms with E-state index in [0.717, 1.165) is 48.0 Å². The highest BCUT2D eigenvalue weighted by atomic mass is 16.2. The van der Waals surface area contributed by atoms with Crippen LogP contribution in [-0.4, -0.2) is 49.6 Å². The Morgan fingerprint density at radius 2 is 1.62 bits per heavy atom. The molecule has 6 nitrogen and oxygen atoms in total. The lowest BCUT2D eigenvalue weighted by Gasteiger charge is -2.34. The number of piperidine rings is 1. The SMILES string of the molecule is Cc1cc(C)c(NC(=O)CNC(=O)NCCCCN2CC(C)CC(C)C2)c(C)c1. The fourth-order valence-corrected chi connectivity index (χ4v) is 4.42. The molecule has 1 aliphatic rings. The molecule has 0 aliphatic carbocycles. The van der Waals surface area contributed by atoms with Gasteiger partial charge >= 0.3 is 6.03 Å². The van der Waals surface area contributed by atoms with Crippen molar-refractivity contribution < 1.29 is 9.59 Å². The summed E-state index contributed by atoms with van der Waals surface area (Å²) in [5.74, 6) is 1.34. The maximum absolute atomic E-state index is 12.2. The highest BCUT2D eigenvalue weighted by molar-refractivity contribution is 5.95. The summed E-state index contributed by atoms with van der Waals surface area (Å²) in [5, 5.41) is 8.37. The molecule has 29 heavy (non-hydrogen) atoms. The van der Waals surface area contributed by atoms with Crippen molar-refractivity contribution in [2.24, 2.45) is 11.8 Å². The van der Waals surface area contributed by atoms with Crippen molar-refractivity contribution in [3.63, 3.8) is 0 Å². The third-order valence-corrected chi connectivity index (χ3v) is 5.48. The van der Waals surface area contributed by atoms with E-state index in [1.54, 1.807) is 0 Å². The number of anilines is 1. The third-order valence-electron chi connectivity index (χ3n) is 5.48. The highest BCUT2D eigenvalue weighted by Crippen LogP contribution is 2.22. The van der Waals surface area contributed by atoms with Crippen LogP contribution in [0.1, 0.15) is 49.8 Å². The molecule has 6 heteroatoms. The summed E-state index contributed by atoms with van der Waals surface area (Å²) in [5.41, 5.74) is 4.04. The number of likely N-dealkylation sites (tertiary alicyclic amines) is 1. The van der Waals surface area contributed by atoms with E-state index in [9.17, 15) is 9.59 Å². The first-order valence-electron chi connectivity index (χ1n) is 10.9. The Morgan fingerprint density at radius 3 is 2.24 bits per heavy atom. The Kier molecular flexibility index (Phi) is 8.96. The van der Waals surface area contributed by atoms with E-state index in [2.05, 4.69) is 34.7 Å². The first kappa shape index (κ1) is 23.2. The van der Waals surface area contributed by atoms with Gasteiger partial charge in [0.05, 0.1) is 6.54 Å². The van der Waals surface area contributed by atoms with E-state index < -0.39 is 0 Å². The van der Waals surface area contributed by atoms with Gasteiger partial charge in [-0.3, -0.25) is 4.79 Å². The number of aryl methyl sites for hydroxylation is 3. The molecule has 0 saturated carbocycles. The molecule has 1 aromatic carbocycles. The molecular formula is C23H38N4O2. The van der Waals surface area contributed by atoms with E-state index in [1.807, 2.05) is 32.9 Å². The number of carbonyl (C=O) groups is 2. The number of unbranched alkanes of at least 4 members (excludes halogenated alkanes) is 1. The predicted octanol–water partition coefficient (Wildman–Crippen LogP) is 3.61. The molecule has 3 amide bonds. The van der Waals surface area contributed by atoms with Crippen molar-refractivity contribution in [3.8, 4) is 0 Å². The van der Waals surface area contributed by atoms with E-state index in [4.69, 9.17) is 0 Å². The molecule has 1 heterocycles. The molecule has 2 unspecified atom stereocenters. The van der Waals surface area contributed by atoms with Gasteiger partial charge in [-0.15, -0.1) is 0 Å². The summed E-state index contributed by atoms with van der Waals surface area (Å²) in [7, 11) is 0. The van der Waals surface area contributed by atoms with Crippen LogP contribution in [0.25, 0.3) is 0 Å². The highest BCUT2D eigenvalue weighted by Gasteiger charge is 2.20. The molecule has 0 bridgehead atoms. The monoisotopic (exact) mass is 402 g/mol. The largest absolute Gasteiger partial charge is 0.338 e. The first-order chi connectivity index (χ1) is 13.7. The van der Waals surface area contributed by atoms with Crippen molar-refractivity contribution in [1.29, 1.82) is 0 Å². The van der Waals surface area contributed by atoms with Crippen LogP contribution in [-0.2, 0) is 4.79 Å². The number of hydrogen-bond donors (Lipinski definition) is 3. The van der Waals surface area contributed by atoms with Crippen LogP contribution in [0.4, 0.5) is 10.5 Å². The normalized spacial score (nSPS) is 19.6. The predicted molar refractivity (Wildman–Crippen MR) is 119 cm³/mol. The maximum atomic E-state index is 12.2. The fourth-order valence-electron chi connectivity index (χ4n) is 4.42. The molecule has 1 aromatic rings. The molecule has 162 valence electrons. The Hall–Kier alpha value is -2.08. The van der Waals surface area contributed by atoms with E-state index in [-0.39, 0.29) is 18.5 Å². The van der Waals surface area contributed by atoms with Crippen LogP contribution in [0, 0.1) is 32.6 Å². The van der Waals surface area contributed by atoms with Crippen LogP contribution in [0.15, 0.2) is 12.1 Å². The van der Waals surface area contributed by atoms with Gasteiger partial charge in [0, 0.05) is 25.3 Å². The van der Waals surface area contributed by atoms with Gasteiger partial charge in [-0.05, 0) is 69.5 Å². The summed E-state index contributed by atoms with van der Waals surface area (Å²) >= 11 is 0. The van der Waals surface area contributed by atoms with Crippen molar-refractivity contribution >= 4 is 17.6 Å². The van der Waals surface area contributed by atoms with E-state index in [0.29, 0.717) is 6.54 Å². The van der Waals surface area contributed by atoms with Crippen molar-refractivity contribution in [2.75, 3.05) is 38.0 Å². The number of rotatable bonds is 8. The zero-order chi connectivity index (χ0) is 21.4. The zero-order valence-corrected chi connectivity index (χ0v) is 18.7. The molecule has 1 aliphatic heterocycles. The van der Waals surface area contributed by atoms with Crippen molar-refractivity contribution in [2.45, 2.75) is 53.9 Å². The molecule has 2 rings (SSSR count). The third kappa shape index (κ3) is 8.05. The topological polar surface area (TPSA) is 73.5 Å². The van der Waals surface area contributed by atoms with Crippen molar-refractivity contribution in [3.05, 3.63) is 28.8 Å². The van der Waals surface area contributed by atoms with E-state index >= 15 is 0 Å². The van der Waals surface area contributed by atoms with Gasteiger partial charge in [0.1, 0.15) is 0 Å². The summed E-state index contributed by atoms with van der Waals surface area (Å²) in [6.07, 6.45) is 3.35. The maximum Gasteiger partial charge on any atom is 0.315 e. The molecule has 0 spiro atoms. The fraction of sp³-hybridized carbons (Fsp3) is 0.652. The summed E-state index contributed by atoms with van der Waals surface area (Å²) < 4.78 is 0. The Morgan fingerprint density at radius 1 is 1.00 bits per heavy atom. The van der Waals surface area contributed by atoms with Gasteiger partial charge in [-0.1, -0.05) is 31.5 Å². The number of amides is 3. The number of carbonyl (C=O) groups excluding carboxylic acids is 2. The Labute approximate surface area is 175 Å². The first-order valence-corrected chi connectivity index (χ1v) is 10.9. The summed E-state index contributed by atoms with van der Waals surface area (Å²) in [6.45, 7) is 14.7.